The van der Waals surface area contributed by atoms with Gasteiger partial charge in [-0.05, 0) is 61.7 Å². The number of esters is 1. The topological polar surface area (TPSA) is 82.4 Å². The summed E-state index contributed by atoms with van der Waals surface area (Å²) in [5.74, 6) is -0.888. The Bertz CT molecular complexity index is 1120. The maximum Gasteiger partial charge on any atom is 0.340 e. The van der Waals surface area contributed by atoms with Gasteiger partial charge in [0.2, 0.25) is 0 Å². The number of nitrogens with one attached hydrogen (secondary N) is 1. The van der Waals surface area contributed by atoms with Crippen LogP contribution in [0.15, 0.2) is 42.5 Å². The minimum Gasteiger partial charge on any atom is -0.497 e. The van der Waals surface area contributed by atoms with Gasteiger partial charge in [-0.1, -0.05) is 0 Å². The van der Waals surface area contributed by atoms with Crippen LogP contribution in [-0.4, -0.2) is 35.9 Å². The summed E-state index contributed by atoms with van der Waals surface area (Å²) in [6.07, 6.45) is 2.42. The Morgan fingerprint density at radius 2 is 1.87 bits per heavy atom. The van der Waals surface area contributed by atoms with Crippen molar-refractivity contribution in [2.75, 3.05) is 19.5 Å². The first kappa shape index (κ1) is 19.6. The third-order valence-electron chi connectivity index (χ3n) is 5.10. The van der Waals surface area contributed by atoms with Gasteiger partial charge in [0.25, 0.3) is 5.91 Å². The average molecular weight is 409 g/mol. The van der Waals surface area contributed by atoms with Crippen molar-refractivity contribution in [1.82, 2.24) is 9.78 Å². The molecule has 0 radical (unpaired) electrons. The van der Waals surface area contributed by atoms with Gasteiger partial charge in [0, 0.05) is 11.3 Å². The molecule has 8 heteroatoms. The van der Waals surface area contributed by atoms with Crippen molar-refractivity contribution in [1.29, 1.82) is 0 Å². The van der Waals surface area contributed by atoms with Crippen molar-refractivity contribution in [3.63, 3.8) is 0 Å². The SMILES string of the molecule is COC(=O)c1cc(OC)ccc1NC(=O)c1nn(-c2ccc(F)cc2)c2c1CCC2. The highest BCUT2D eigenvalue weighted by atomic mass is 19.1. The summed E-state index contributed by atoms with van der Waals surface area (Å²) in [5, 5.41) is 7.26. The summed E-state index contributed by atoms with van der Waals surface area (Å²) < 4.78 is 25.0. The van der Waals surface area contributed by atoms with E-state index in [0.29, 0.717) is 22.8 Å². The molecule has 1 aliphatic rings. The van der Waals surface area contributed by atoms with Crippen LogP contribution in [0.2, 0.25) is 0 Å². The largest absolute Gasteiger partial charge is 0.497 e. The first-order valence-electron chi connectivity index (χ1n) is 9.46. The Kier molecular flexibility index (Phi) is 5.22. The van der Waals surface area contributed by atoms with Crippen LogP contribution in [0.5, 0.6) is 5.75 Å². The van der Waals surface area contributed by atoms with Crippen molar-refractivity contribution < 1.29 is 23.5 Å². The molecule has 1 aromatic heterocycles. The summed E-state index contributed by atoms with van der Waals surface area (Å²) in [5.41, 5.74) is 3.27. The Hall–Kier alpha value is -3.68. The first-order chi connectivity index (χ1) is 14.5. The fourth-order valence-corrected chi connectivity index (χ4v) is 3.64. The maximum atomic E-state index is 13.3. The van der Waals surface area contributed by atoms with E-state index in [9.17, 15) is 14.0 Å². The molecule has 1 N–H and O–H groups in total. The molecule has 30 heavy (non-hydrogen) atoms. The van der Waals surface area contributed by atoms with Gasteiger partial charge in [-0.3, -0.25) is 4.79 Å². The van der Waals surface area contributed by atoms with Crippen LogP contribution < -0.4 is 10.1 Å². The average Bonchev–Trinajstić information content (AvgIpc) is 3.37. The normalized spacial score (nSPS) is 12.4. The number of hydrogen-bond acceptors (Lipinski definition) is 5. The quantitative estimate of drug-likeness (QED) is 0.652. The van der Waals surface area contributed by atoms with Gasteiger partial charge in [-0.15, -0.1) is 0 Å². The molecule has 4 rings (SSSR count). The second-order valence-electron chi connectivity index (χ2n) is 6.87. The van der Waals surface area contributed by atoms with E-state index in [0.717, 1.165) is 30.5 Å². The number of benzene rings is 2. The van der Waals surface area contributed by atoms with Crippen molar-refractivity contribution in [2.45, 2.75) is 19.3 Å². The van der Waals surface area contributed by atoms with Crippen LogP contribution in [0.3, 0.4) is 0 Å². The molecule has 0 aliphatic heterocycles. The molecule has 1 aliphatic carbocycles. The fraction of sp³-hybridized carbons (Fsp3) is 0.227. The van der Waals surface area contributed by atoms with E-state index in [1.807, 2.05) is 0 Å². The van der Waals surface area contributed by atoms with Crippen molar-refractivity contribution in [3.8, 4) is 11.4 Å². The molecule has 0 saturated carbocycles. The van der Waals surface area contributed by atoms with E-state index in [4.69, 9.17) is 9.47 Å². The molecular weight excluding hydrogens is 389 g/mol. The summed E-state index contributed by atoms with van der Waals surface area (Å²) in [6.45, 7) is 0. The lowest BCUT2D eigenvalue weighted by molar-refractivity contribution is 0.0601. The maximum absolute atomic E-state index is 13.3. The van der Waals surface area contributed by atoms with Crippen LogP contribution in [0.25, 0.3) is 5.69 Å². The number of carbonyl (C=O) groups is 2. The second-order valence-corrected chi connectivity index (χ2v) is 6.87. The Balaban J connectivity index is 1.69. The minimum absolute atomic E-state index is 0.180. The molecular formula is C22H20FN3O4. The Morgan fingerprint density at radius 3 is 2.57 bits per heavy atom. The molecule has 1 heterocycles. The zero-order chi connectivity index (χ0) is 21.3. The molecule has 0 unspecified atom stereocenters. The smallest absolute Gasteiger partial charge is 0.340 e. The minimum atomic E-state index is -0.591. The lowest BCUT2D eigenvalue weighted by Gasteiger charge is -2.11. The molecule has 1 amide bonds. The number of hydrogen-bond donors (Lipinski definition) is 1. The molecule has 0 spiro atoms. The highest BCUT2D eigenvalue weighted by Crippen LogP contribution is 2.29. The standard InChI is InChI=1S/C22H20FN3O4/c1-29-15-10-11-18(17(12-15)22(28)30-2)24-21(27)20-16-4-3-5-19(16)26(25-20)14-8-6-13(23)7-9-14/h6-12H,3-5H2,1-2H3,(H,24,27). The molecule has 0 saturated heterocycles. The number of fused-ring (bicyclic) bond motifs is 1. The lowest BCUT2D eigenvalue weighted by atomic mass is 10.1. The van der Waals surface area contributed by atoms with Crippen molar-refractivity contribution >= 4 is 17.6 Å². The number of carbonyl (C=O) groups excluding carboxylic acids is 2. The third kappa shape index (κ3) is 3.52. The first-order valence-corrected chi connectivity index (χ1v) is 9.46. The predicted molar refractivity (Wildman–Crippen MR) is 108 cm³/mol. The summed E-state index contributed by atoms with van der Waals surface area (Å²) in [4.78, 5) is 25.2. The number of anilines is 1. The highest BCUT2D eigenvalue weighted by Gasteiger charge is 2.28. The summed E-state index contributed by atoms with van der Waals surface area (Å²) in [7, 11) is 2.75. The zero-order valence-electron chi connectivity index (χ0n) is 16.6. The summed E-state index contributed by atoms with van der Waals surface area (Å²) in [6, 6.07) is 10.7. The van der Waals surface area contributed by atoms with Crippen LogP contribution in [0.4, 0.5) is 10.1 Å². The van der Waals surface area contributed by atoms with Gasteiger partial charge < -0.3 is 14.8 Å². The molecule has 154 valence electrons. The van der Waals surface area contributed by atoms with Gasteiger partial charge >= 0.3 is 5.97 Å². The number of aromatic nitrogens is 2. The molecule has 0 atom stereocenters. The third-order valence-corrected chi connectivity index (χ3v) is 5.10. The number of nitrogens with zero attached hydrogens (tertiary/aromatic N) is 2. The summed E-state index contributed by atoms with van der Waals surface area (Å²) >= 11 is 0. The highest BCUT2D eigenvalue weighted by molar-refractivity contribution is 6.08. The van der Waals surface area contributed by atoms with Gasteiger partial charge in [0.1, 0.15) is 11.6 Å². The Morgan fingerprint density at radius 1 is 1.10 bits per heavy atom. The lowest BCUT2D eigenvalue weighted by Crippen LogP contribution is -2.17. The number of rotatable bonds is 5. The number of halogens is 1. The molecule has 3 aromatic rings. The van der Waals surface area contributed by atoms with E-state index in [1.165, 1.54) is 32.4 Å². The number of methoxy groups -OCH3 is 2. The van der Waals surface area contributed by atoms with Crippen molar-refractivity contribution in [2.24, 2.45) is 0 Å². The van der Waals surface area contributed by atoms with E-state index >= 15 is 0 Å². The van der Waals surface area contributed by atoms with Gasteiger partial charge in [0.15, 0.2) is 5.69 Å². The van der Waals surface area contributed by atoms with Gasteiger partial charge in [0.05, 0.1) is 31.2 Å². The fourth-order valence-electron chi connectivity index (χ4n) is 3.64. The van der Waals surface area contributed by atoms with E-state index < -0.39 is 11.9 Å². The number of amides is 1. The monoisotopic (exact) mass is 409 g/mol. The van der Waals surface area contributed by atoms with E-state index in [2.05, 4.69) is 10.4 Å². The van der Waals surface area contributed by atoms with Crippen LogP contribution >= 0.6 is 0 Å². The van der Waals surface area contributed by atoms with Crippen LogP contribution in [-0.2, 0) is 17.6 Å². The zero-order valence-corrected chi connectivity index (χ0v) is 16.6. The van der Waals surface area contributed by atoms with E-state index in [1.54, 1.807) is 28.9 Å². The molecule has 0 bridgehead atoms. The predicted octanol–water partition coefficient (Wildman–Crippen LogP) is 3.55. The van der Waals surface area contributed by atoms with Crippen LogP contribution in [0, 0.1) is 5.82 Å². The van der Waals surface area contributed by atoms with Gasteiger partial charge in [-0.25, -0.2) is 13.9 Å². The second kappa shape index (κ2) is 7.98. The van der Waals surface area contributed by atoms with Crippen LogP contribution in [0.1, 0.15) is 38.5 Å². The Labute approximate surface area is 172 Å². The molecule has 7 nitrogen and oxygen atoms in total. The number of ether oxygens (including phenoxy) is 2. The molecule has 2 aromatic carbocycles. The van der Waals surface area contributed by atoms with E-state index in [-0.39, 0.29) is 11.4 Å². The van der Waals surface area contributed by atoms with Gasteiger partial charge in [-0.2, -0.15) is 5.10 Å². The molecule has 0 fully saturated rings. The van der Waals surface area contributed by atoms with Crippen molar-refractivity contribution in [3.05, 3.63) is 70.8 Å².